The molecule has 2 aliphatic rings. The molecule has 0 radical (unpaired) electrons. The Morgan fingerprint density at radius 3 is 2.34 bits per heavy atom. The molecule has 1 aromatic heterocycles. The number of amides is 2. The summed E-state index contributed by atoms with van der Waals surface area (Å²) in [7, 11) is 0. The molecule has 2 fully saturated rings. The fraction of sp³-hybridized carbons (Fsp3) is 0.478. The summed E-state index contributed by atoms with van der Waals surface area (Å²) in [6, 6.07) is 11.6. The first-order valence-corrected chi connectivity index (χ1v) is 10.6. The zero-order chi connectivity index (χ0) is 20.2. The highest BCUT2D eigenvalue weighted by Gasteiger charge is 2.33. The van der Waals surface area contributed by atoms with Gasteiger partial charge in [-0.2, -0.15) is 0 Å². The molecule has 1 saturated carbocycles. The normalized spacial score (nSPS) is 19.3. The molecule has 154 valence electrons. The van der Waals surface area contributed by atoms with Gasteiger partial charge < -0.3 is 14.6 Å². The van der Waals surface area contributed by atoms with Crippen LogP contribution >= 0.6 is 0 Å². The van der Waals surface area contributed by atoms with Crippen LogP contribution in [0.5, 0.6) is 0 Å². The third-order valence-electron chi connectivity index (χ3n) is 6.04. The average Bonchev–Trinajstić information content (AvgIpc) is 3.44. The topological polar surface area (TPSA) is 65.8 Å². The Morgan fingerprint density at radius 2 is 1.72 bits per heavy atom. The van der Waals surface area contributed by atoms with Crippen LogP contribution in [0.1, 0.15) is 53.4 Å². The Balaban J connectivity index is 1.47. The summed E-state index contributed by atoms with van der Waals surface area (Å²) in [5.41, 5.74) is 2.19. The van der Waals surface area contributed by atoms with Crippen LogP contribution < -0.4 is 5.32 Å². The maximum absolute atomic E-state index is 13.2. The lowest BCUT2D eigenvalue weighted by atomic mass is 10.0. The minimum absolute atomic E-state index is 0.0755. The van der Waals surface area contributed by atoms with Crippen molar-refractivity contribution in [3.63, 3.8) is 0 Å². The first-order chi connectivity index (χ1) is 14.1. The van der Waals surface area contributed by atoms with Crippen LogP contribution in [0.2, 0.25) is 0 Å². The van der Waals surface area contributed by atoms with Gasteiger partial charge in [-0.1, -0.05) is 42.7 Å². The van der Waals surface area contributed by atoms with Gasteiger partial charge in [0.1, 0.15) is 6.04 Å². The van der Waals surface area contributed by atoms with Crippen molar-refractivity contribution in [1.82, 2.24) is 15.1 Å². The number of hydrogen-bond acceptors (Lipinski definition) is 4. The number of nitrogens with one attached hydrogen (secondary N) is 1. The summed E-state index contributed by atoms with van der Waals surface area (Å²) in [5, 5.41) is 3.27. The first-order valence-electron chi connectivity index (χ1n) is 10.6. The molecule has 1 atom stereocenters. The Bertz CT molecular complexity index is 818. The van der Waals surface area contributed by atoms with E-state index in [0.29, 0.717) is 31.9 Å². The van der Waals surface area contributed by atoms with Gasteiger partial charge in [0.15, 0.2) is 5.76 Å². The predicted octanol–water partition coefficient (Wildman–Crippen LogP) is 3.15. The highest BCUT2D eigenvalue weighted by Crippen LogP contribution is 2.26. The number of aryl methyl sites for hydroxylation is 1. The second-order valence-corrected chi connectivity index (χ2v) is 8.11. The molecule has 1 aromatic carbocycles. The van der Waals surface area contributed by atoms with Crippen LogP contribution in [0.3, 0.4) is 0 Å². The highest BCUT2D eigenvalue weighted by atomic mass is 16.3. The van der Waals surface area contributed by atoms with E-state index in [1.54, 1.807) is 17.0 Å². The summed E-state index contributed by atoms with van der Waals surface area (Å²) in [6.07, 6.45) is 6.03. The molecule has 2 amide bonds. The van der Waals surface area contributed by atoms with E-state index in [4.69, 9.17) is 4.42 Å². The zero-order valence-corrected chi connectivity index (χ0v) is 17.0. The maximum Gasteiger partial charge on any atom is 0.289 e. The van der Waals surface area contributed by atoms with E-state index in [0.717, 1.165) is 18.4 Å². The lowest BCUT2D eigenvalue weighted by Crippen LogP contribution is -2.53. The quantitative estimate of drug-likeness (QED) is 0.845. The first kappa shape index (κ1) is 19.7. The zero-order valence-electron chi connectivity index (χ0n) is 17.0. The molecule has 2 aromatic rings. The van der Waals surface area contributed by atoms with Crippen LogP contribution in [-0.4, -0.2) is 53.8 Å². The van der Waals surface area contributed by atoms with Gasteiger partial charge in [-0.05, 0) is 37.5 Å². The minimum Gasteiger partial charge on any atom is -0.459 e. The Kier molecular flexibility index (Phi) is 6.00. The van der Waals surface area contributed by atoms with E-state index in [1.807, 2.05) is 0 Å². The summed E-state index contributed by atoms with van der Waals surface area (Å²) in [4.78, 5) is 29.8. The average molecular weight is 396 g/mol. The second-order valence-electron chi connectivity index (χ2n) is 8.11. The predicted molar refractivity (Wildman–Crippen MR) is 111 cm³/mol. The standard InChI is InChI=1S/C23H29N3O3/c1-17-8-10-18(11-9-17)21(22(27)24-19-5-2-3-6-19)25-12-14-26(15-13-25)23(28)20-7-4-16-29-20/h4,7-11,16,19,21H,2-3,5-6,12-15H2,1H3,(H,24,27). The summed E-state index contributed by atoms with van der Waals surface area (Å²) >= 11 is 0. The van der Waals surface area contributed by atoms with Crippen molar-refractivity contribution in [2.75, 3.05) is 26.2 Å². The van der Waals surface area contributed by atoms with Gasteiger partial charge in [0.05, 0.1) is 6.26 Å². The number of carbonyl (C=O) groups is 2. The second kappa shape index (κ2) is 8.82. The van der Waals surface area contributed by atoms with Crippen LogP contribution in [0.15, 0.2) is 47.1 Å². The van der Waals surface area contributed by atoms with Crippen molar-refractivity contribution in [3.05, 3.63) is 59.5 Å². The lowest BCUT2D eigenvalue weighted by molar-refractivity contribution is -0.128. The molecule has 1 aliphatic carbocycles. The van der Waals surface area contributed by atoms with E-state index in [-0.39, 0.29) is 23.9 Å². The minimum atomic E-state index is -0.322. The lowest BCUT2D eigenvalue weighted by Gasteiger charge is -2.39. The van der Waals surface area contributed by atoms with Gasteiger partial charge >= 0.3 is 0 Å². The van der Waals surface area contributed by atoms with Gasteiger partial charge in [-0.3, -0.25) is 14.5 Å². The van der Waals surface area contributed by atoms with Crippen molar-refractivity contribution in [3.8, 4) is 0 Å². The fourth-order valence-electron chi connectivity index (χ4n) is 4.37. The van der Waals surface area contributed by atoms with Crippen molar-refractivity contribution >= 4 is 11.8 Å². The molecule has 29 heavy (non-hydrogen) atoms. The smallest absolute Gasteiger partial charge is 0.289 e. The third-order valence-corrected chi connectivity index (χ3v) is 6.04. The molecule has 0 spiro atoms. The van der Waals surface area contributed by atoms with Crippen molar-refractivity contribution in [1.29, 1.82) is 0 Å². The van der Waals surface area contributed by atoms with Crippen molar-refractivity contribution < 1.29 is 14.0 Å². The number of piperazine rings is 1. The molecule has 1 saturated heterocycles. The number of rotatable bonds is 5. The fourth-order valence-corrected chi connectivity index (χ4v) is 4.37. The van der Waals surface area contributed by atoms with Gasteiger partial charge in [0.2, 0.25) is 5.91 Å². The van der Waals surface area contributed by atoms with Crippen LogP contribution in [0.4, 0.5) is 0 Å². The summed E-state index contributed by atoms with van der Waals surface area (Å²) in [6.45, 7) is 4.53. The molecule has 1 aliphatic heterocycles. The number of nitrogens with zero attached hydrogens (tertiary/aromatic N) is 2. The molecular formula is C23H29N3O3. The van der Waals surface area contributed by atoms with Gasteiger partial charge in [-0.25, -0.2) is 0 Å². The number of carbonyl (C=O) groups excluding carboxylic acids is 2. The number of benzene rings is 1. The molecule has 6 nitrogen and oxygen atoms in total. The van der Waals surface area contributed by atoms with Crippen LogP contribution in [0, 0.1) is 6.92 Å². The van der Waals surface area contributed by atoms with E-state index in [1.165, 1.54) is 24.7 Å². The maximum atomic E-state index is 13.2. The molecule has 2 heterocycles. The van der Waals surface area contributed by atoms with Crippen LogP contribution in [-0.2, 0) is 4.79 Å². The third kappa shape index (κ3) is 4.53. The van der Waals surface area contributed by atoms with Gasteiger partial charge in [-0.15, -0.1) is 0 Å². The molecular weight excluding hydrogens is 366 g/mol. The van der Waals surface area contributed by atoms with Gasteiger partial charge in [0.25, 0.3) is 5.91 Å². The van der Waals surface area contributed by atoms with E-state index in [2.05, 4.69) is 41.4 Å². The molecule has 4 rings (SSSR count). The SMILES string of the molecule is Cc1ccc(C(C(=O)NC2CCCC2)N2CCN(C(=O)c3ccco3)CC2)cc1. The van der Waals surface area contributed by atoms with E-state index in [9.17, 15) is 9.59 Å². The van der Waals surface area contributed by atoms with E-state index >= 15 is 0 Å². The Hall–Kier alpha value is -2.60. The molecule has 1 N–H and O–H groups in total. The Morgan fingerprint density at radius 1 is 1.03 bits per heavy atom. The van der Waals surface area contributed by atoms with Crippen LogP contribution in [0.25, 0.3) is 0 Å². The van der Waals surface area contributed by atoms with Crippen molar-refractivity contribution in [2.45, 2.75) is 44.7 Å². The Labute approximate surface area is 171 Å². The number of hydrogen-bond donors (Lipinski definition) is 1. The highest BCUT2D eigenvalue weighted by molar-refractivity contribution is 5.91. The summed E-state index contributed by atoms with van der Waals surface area (Å²) < 4.78 is 5.25. The molecule has 6 heteroatoms. The number of furan rings is 1. The van der Waals surface area contributed by atoms with E-state index < -0.39 is 0 Å². The van der Waals surface area contributed by atoms with Gasteiger partial charge in [0, 0.05) is 32.2 Å². The molecule has 1 unspecified atom stereocenters. The van der Waals surface area contributed by atoms with Crippen molar-refractivity contribution in [2.24, 2.45) is 0 Å². The molecule has 0 bridgehead atoms. The monoisotopic (exact) mass is 395 g/mol. The largest absolute Gasteiger partial charge is 0.459 e. The summed E-state index contributed by atoms with van der Waals surface area (Å²) in [5.74, 6) is 0.357.